The zero-order valence-corrected chi connectivity index (χ0v) is 13.4. The van der Waals surface area contributed by atoms with E-state index in [2.05, 4.69) is 0 Å². The minimum atomic E-state index is 0.646. The Morgan fingerprint density at radius 1 is 0.292 bits per heavy atom. The van der Waals surface area contributed by atoms with Gasteiger partial charge < -0.3 is 34.4 Å². The van der Waals surface area contributed by atoms with Gasteiger partial charge in [0.25, 0.3) is 0 Å². The van der Waals surface area contributed by atoms with Crippen molar-refractivity contribution in [2.75, 3.05) is 34.4 Å². The highest BCUT2D eigenvalue weighted by Gasteiger charge is 1.86. The predicted molar refractivity (Wildman–Crippen MR) is 106 cm³/mol. The monoisotopic (exact) mass is 324 g/mol. The molecule has 3 aromatic carbocycles. The molecule has 3 aromatic rings. The van der Waals surface area contributed by atoms with Gasteiger partial charge in [0.05, 0.1) is 34.1 Å². The molecule has 0 saturated heterocycles. The van der Waals surface area contributed by atoms with Gasteiger partial charge in [-0.2, -0.15) is 0 Å². The van der Waals surface area contributed by atoms with Gasteiger partial charge >= 0.3 is 0 Å². The molecule has 3 rings (SSSR count). The Balaban J connectivity index is 0.000000180. The maximum Gasteiger partial charge on any atom is 0.0547 e. The Hall–Kier alpha value is -3.54. The van der Waals surface area contributed by atoms with Gasteiger partial charge in [-0.25, -0.2) is 0 Å². The first-order chi connectivity index (χ1) is 11.4. The SMILES string of the molecule is Nc1ccccc1N.Nc1ccccc1N.Nc1ccccc1N. The van der Waals surface area contributed by atoms with Crippen LogP contribution in [0.3, 0.4) is 0 Å². The fourth-order valence-corrected chi connectivity index (χ4v) is 1.53. The fraction of sp³-hybridized carbons (Fsp3) is 0. The van der Waals surface area contributed by atoms with Crippen molar-refractivity contribution in [2.24, 2.45) is 0 Å². The van der Waals surface area contributed by atoms with E-state index in [1.165, 1.54) is 0 Å². The number of rotatable bonds is 0. The molecule has 6 nitrogen and oxygen atoms in total. The summed E-state index contributed by atoms with van der Waals surface area (Å²) in [7, 11) is 0. The molecule has 0 atom stereocenters. The zero-order valence-electron chi connectivity index (χ0n) is 13.4. The highest BCUT2D eigenvalue weighted by atomic mass is 14.7. The van der Waals surface area contributed by atoms with Gasteiger partial charge in [0.15, 0.2) is 0 Å². The maximum atomic E-state index is 5.39. The Kier molecular flexibility index (Phi) is 7.30. The third-order valence-corrected chi connectivity index (χ3v) is 2.99. The summed E-state index contributed by atoms with van der Waals surface area (Å²) in [5.74, 6) is 0. The second-order valence-corrected chi connectivity index (χ2v) is 4.89. The Morgan fingerprint density at radius 3 is 0.500 bits per heavy atom. The lowest BCUT2D eigenvalue weighted by Gasteiger charge is -1.94. The van der Waals surface area contributed by atoms with Crippen molar-refractivity contribution in [3.05, 3.63) is 72.8 Å². The van der Waals surface area contributed by atoms with Crippen molar-refractivity contribution in [3.8, 4) is 0 Å². The van der Waals surface area contributed by atoms with Crippen LogP contribution in [0.25, 0.3) is 0 Å². The van der Waals surface area contributed by atoms with Crippen LogP contribution in [-0.2, 0) is 0 Å². The van der Waals surface area contributed by atoms with Gasteiger partial charge in [0.2, 0.25) is 0 Å². The summed E-state index contributed by atoms with van der Waals surface area (Å²) >= 11 is 0. The minimum absolute atomic E-state index is 0.646. The molecule has 0 bridgehead atoms. The topological polar surface area (TPSA) is 156 Å². The lowest BCUT2D eigenvalue weighted by atomic mass is 10.3. The lowest BCUT2D eigenvalue weighted by molar-refractivity contribution is 1.67. The maximum absolute atomic E-state index is 5.39. The van der Waals surface area contributed by atoms with Gasteiger partial charge in [0.1, 0.15) is 0 Å². The standard InChI is InChI=1S/3C6H8N2/c3*7-5-3-1-2-4-6(5)8/h3*1-4H,7-8H2. The van der Waals surface area contributed by atoms with Crippen molar-refractivity contribution in [1.29, 1.82) is 0 Å². The summed E-state index contributed by atoms with van der Waals surface area (Å²) in [4.78, 5) is 0. The third-order valence-electron chi connectivity index (χ3n) is 2.99. The summed E-state index contributed by atoms with van der Waals surface area (Å²) in [6.45, 7) is 0. The molecule has 0 fully saturated rings. The first-order valence-electron chi connectivity index (χ1n) is 7.21. The molecule has 126 valence electrons. The van der Waals surface area contributed by atoms with Gasteiger partial charge in [-0.15, -0.1) is 0 Å². The van der Waals surface area contributed by atoms with Crippen molar-refractivity contribution in [2.45, 2.75) is 0 Å². The molecule has 0 heterocycles. The van der Waals surface area contributed by atoms with Crippen LogP contribution >= 0.6 is 0 Å². The van der Waals surface area contributed by atoms with E-state index in [0.29, 0.717) is 34.1 Å². The third kappa shape index (κ3) is 6.48. The summed E-state index contributed by atoms with van der Waals surface area (Å²) in [5.41, 5.74) is 36.2. The average Bonchev–Trinajstić information content (AvgIpc) is 2.57. The Morgan fingerprint density at radius 2 is 0.417 bits per heavy atom. The molecule has 0 aliphatic carbocycles. The summed E-state index contributed by atoms with van der Waals surface area (Å²) in [5, 5.41) is 0. The van der Waals surface area contributed by atoms with Crippen molar-refractivity contribution in [1.82, 2.24) is 0 Å². The highest BCUT2D eigenvalue weighted by Crippen LogP contribution is 2.11. The molecule has 0 aliphatic heterocycles. The molecule has 0 unspecified atom stereocenters. The van der Waals surface area contributed by atoms with Crippen LogP contribution in [0.2, 0.25) is 0 Å². The molecule has 0 spiro atoms. The first kappa shape index (κ1) is 18.5. The summed E-state index contributed by atoms with van der Waals surface area (Å²) in [6, 6.07) is 21.8. The largest absolute Gasteiger partial charge is 0.397 e. The van der Waals surface area contributed by atoms with E-state index in [-0.39, 0.29) is 0 Å². The molecule has 12 N–H and O–H groups in total. The normalized spacial score (nSPS) is 9.00. The smallest absolute Gasteiger partial charge is 0.0547 e. The zero-order chi connectivity index (χ0) is 17.9. The van der Waals surface area contributed by atoms with Crippen LogP contribution in [0, 0.1) is 0 Å². The van der Waals surface area contributed by atoms with Crippen molar-refractivity contribution < 1.29 is 0 Å². The fourth-order valence-electron chi connectivity index (χ4n) is 1.53. The van der Waals surface area contributed by atoms with E-state index in [1.54, 1.807) is 36.4 Å². The Labute approximate surface area is 142 Å². The number of anilines is 6. The van der Waals surface area contributed by atoms with Crippen LogP contribution in [0.4, 0.5) is 34.1 Å². The average molecular weight is 324 g/mol. The molecule has 6 heteroatoms. The van der Waals surface area contributed by atoms with Gasteiger partial charge in [-0.3, -0.25) is 0 Å². The first-order valence-corrected chi connectivity index (χ1v) is 7.21. The quantitative estimate of drug-likeness (QED) is 0.349. The Bertz CT molecular complexity index is 591. The number of para-hydroxylation sites is 6. The van der Waals surface area contributed by atoms with E-state index >= 15 is 0 Å². The molecule has 0 saturated carbocycles. The molecule has 24 heavy (non-hydrogen) atoms. The van der Waals surface area contributed by atoms with E-state index < -0.39 is 0 Å². The van der Waals surface area contributed by atoms with E-state index in [4.69, 9.17) is 34.4 Å². The van der Waals surface area contributed by atoms with Gasteiger partial charge in [-0.05, 0) is 36.4 Å². The molecule has 0 aliphatic rings. The number of benzene rings is 3. The van der Waals surface area contributed by atoms with E-state index in [0.717, 1.165) is 0 Å². The lowest BCUT2D eigenvalue weighted by Crippen LogP contribution is -1.91. The second-order valence-electron chi connectivity index (χ2n) is 4.89. The van der Waals surface area contributed by atoms with Crippen LogP contribution < -0.4 is 34.4 Å². The predicted octanol–water partition coefficient (Wildman–Crippen LogP) is 2.55. The van der Waals surface area contributed by atoms with Gasteiger partial charge in [0, 0.05) is 0 Å². The van der Waals surface area contributed by atoms with E-state index in [9.17, 15) is 0 Å². The molecule has 0 radical (unpaired) electrons. The van der Waals surface area contributed by atoms with Crippen LogP contribution in [0.15, 0.2) is 72.8 Å². The highest BCUT2D eigenvalue weighted by molar-refractivity contribution is 5.63. The number of nitrogens with two attached hydrogens (primary N) is 6. The van der Waals surface area contributed by atoms with Crippen LogP contribution in [-0.4, -0.2) is 0 Å². The van der Waals surface area contributed by atoms with Gasteiger partial charge in [-0.1, -0.05) is 36.4 Å². The molecule has 0 aromatic heterocycles. The number of hydrogen-bond donors (Lipinski definition) is 6. The minimum Gasteiger partial charge on any atom is -0.397 e. The summed E-state index contributed by atoms with van der Waals surface area (Å²) in [6.07, 6.45) is 0. The second kappa shape index (κ2) is 9.47. The molecule has 0 amide bonds. The van der Waals surface area contributed by atoms with Crippen molar-refractivity contribution >= 4 is 34.1 Å². The number of nitrogen functional groups attached to an aromatic ring is 6. The molecular formula is C18H24N6. The molecular weight excluding hydrogens is 300 g/mol. The van der Waals surface area contributed by atoms with E-state index in [1.807, 2.05) is 36.4 Å². The van der Waals surface area contributed by atoms with Crippen molar-refractivity contribution in [3.63, 3.8) is 0 Å². The van der Waals surface area contributed by atoms with Crippen LogP contribution in [0.1, 0.15) is 0 Å². The number of hydrogen-bond acceptors (Lipinski definition) is 6. The summed E-state index contributed by atoms with van der Waals surface area (Å²) < 4.78 is 0. The van der Waals surface area contributed by atoms with Crippen LogP contribution in [0.5, 0.6) is 0 Å².